The van der Waals surface area contributed by atoms with Crippen molar-refractivity contribution in [2.45, 2.75) is 33.4 Å². The zero-order valence-corrected chi connectivity index (χ0v) is 18.4. The van der Waals surface area contributed by atoms with E-state index in [0.29, 0.717) is 16.9 Å². The van der Waals surface area contributed by atoms with Crippen molar-refractivity contribution in [1.29, 1.82) is 0 Å². The summed E-state index contributed by atoms with van der Waals surface area (Å²) < 4.78 is 8.84. The molecule has 4 aromatic rings. The number of nitrogens with zero attached hydrogens (tertiary/aromatic N) is 5. The van der Waals surface area contributed by atoms with Gasteiger partial charge in [0.25, 0.3) is 5.91 Å². The van der Waals surface area contributed by atoms with E-state index in [1.165, 1.54) is 0 Å². The molecule has 1 amide bonds. The van der Waals surface area contributed by atoms with Crippen LogP contribution in [-0.4, -0.2) is 37.6 Å². The standard InChI is InChI=1S/C23H26N6O2/c1-6-29-20(11-12-24-29)14(2)25-23(30)18-13-19(16-7-9-17(31-5)10-8-16)26-22-21(18)15(3)27-28(22)4/h7-14H,6H2,1-5H3,(H,25,30)/t14-/m1/s1. The zero-order chi connectivity index (χ0) is 22.1. The van der Waals surface area contributed by atoms with Crippen molar-refractivity contribution in [3.63, 3.8) is 0 Å². The number of benzene rings is 1. The first-order valence-electron chi connectivity index (χ1n) is 10.2. The van der Waals surface area contributed by atoms with Crippen LogP contribution in [0, 0.1) is 6.92 Å². The maximum Gasteiger partial charge on any atom is 0.252 e. The van der Waals surface area contributed by atoms with Gasteiger partial charge in [-0.25, -0.2) is 4.98 Å². The summed E-state index contributed by atoms with van der Waals surface area (Å²) >= 11 is 0. The van der Waals surface area contributed by atoms with Crippen LogP contribution in [0.3, 0.4) is 0 Å². The molecule has 3 aromatic heterocycles. The molecular formula is C23H26N6O2. The second-order valence-electron chi connectivity index (χ2n) is 7.46. The minimum atomic E-state index is -0.195. The van der Waals surface area contributed by atoms with Crippen molar-refractivity contribution in [3.05, 3.63) is 59.5 Å². The predicted octanol–water partition coefficient (Wildman–Crippen LogP) is 3.66. The third-order valence-corrected chi connectivity index (χ3v) is 5.44. The van der Waals surface area contributed by atoms with E-state index in [1.807, 2.05) is 68.9 Å². The summed E-state index contributed by atoms with van der Waals surface area (Å²) in [6.45, 7) is 6.62. The van der Waals surface area contributed by atoms with E-state index >= 15 is 0 Å². The van der Waals surface area contributed by atoms with Gasteiger partial charge in [0.15, 0.2) is 5.65 Å². The number of pyridine rings is 1. The fourth-order valence-electron chi connectivity index (χ4n) is 3.86. The van der Waals surface area contributed by atoms with Crippen LogP contribution in [0.15, 0.2) is 42.6 Å². The third kappa shape index (κ3) is 3.76. The van der Waals surface area contributed by atoms with Crippen LogP contribution in [0.4, 0.5) is 0 Å². The van der Waals surface area contributed by atoms with E-state index in [0.717, 1.165) is 34.6 Å². The molecule has 0 radical (unpaired) electrons. The minimum absolute atomic E-state index is 0.172. The van der Waals surface area contributed by atoms with Gasteiger partial charge in [0.05, 0.1) is 41.2 Å². The number of hydrogen-bond acceptors (Lipinski definition) is 5. The second-order valence-corrected chi connectivity index (χ2v) is 7.46. The van der Waals surface area contributed by atoms with Gasteiger partial charge in [-0.3, -0.25) is 14.2 Å². The molecule has 1 N–H and O–H groups in total. The molecule has 0 saturated carbocycles. The lowest BCUT2D eigenvalue weighted by atomic mass is 10.0. The Bertz CT molecular complexity index is 1240. The number of fused-ring (bicyclic) bond motifs is 1. The second kappa shape index (κ2) is 8.22. The lowest BCUT2D eigenvalue weighted by Gasteiger charge is -2.16. The number of carbonyl (C=O) groups is 1. The lowest BCUT2D eigenvalue weighted by Crippen LogP contribution is -2.28. The molecule has 0 fully saturated rings. The van der Waals surface area contributed by atoms with E-state index in [4.69, 9.17) is 9.72 Å². The molecule has 1 aromatic carbocycles. The number of nitrogens with one attached hydrogen (secondary N) is 1. The highest BCUT2D eigenvalue weighted by Crippen LogP contribution is 2.28. The maximum absolute atomic E-state index is 13.4. The fourth-order valence-corrected chi connectivity index (χ4v) is 3.86. The monoisotopic (exact) mass is 418 g/mol. The summed E-state index contributed by atoms with van der Waals surface area (Å²) in [5.74, 6) is 0.593. The number of carbonyl (C=O) groups excluding carboxylic acids is 1. The molecule has 0 spiro atoms. The average molecular weight is 419 g/mol. The SMILES string of the molecule is CCn1nccc1[C@@H](C)NC(=O)c1cc(-c2ccc(OC)cc2)nc2c1c(C)nn2C. The predicted molar refractivity (Wildman–Crippen MR) is 119 cm³/mol. The third-order valence-electron chi connectivity index (χ3n) is 5.44. The van der Waals surface area contributed by atoms with Gasteiger partial charge in [0, 0.05) is 25.4 Å². The van der Waals surface area contributed by atoms with Gasteiger partial charge in [-0.2, -0.15) is 10.2 Å². The largest absolute Gasteiger partial charge is 0.497 e. The number of rotatable bonds is 6. The Hall–Kier alpha value is -3.68. The first-order valence-corrected chi connectivity index (χ1v) is 10.2. The average Bonchev–Trinajstić information content (AvgIpc) is 3.37. The summed E-state index contributed by atoms with van der Waals surface area (Å²) in [6, 6.07) is 11.2. The summed E-state index contributed by atoms with van der Waals surface area (Å²) in [5, 5.41) is 12.7. The molecule has 31 heavy (non-hydrogen) atoms. The number of methoxy groups -OCH3 is 1. The van der Waals surface area contributed by atoms with E-state index < -0.39 is 0 Å². The van der Waals surface area contributed by atoms with E-state index in [-0.39, 0.29) is 11.9 Å². The van der Waals surface area contributed by atoms with Gasteiger partial charge in [-0.05, 0) is 57.2 Å². The minimum Gasteiger partial charge on any atom is -0.497 e. The molecule has 3 heterocycles. The molecule has 160 valence electrons. The quantitative estimate of drug-likeness (QED) is 0.516. The first-order chi connectivity index (χ1) is 14.9. The highest BCUT2D eigenvalue weighted by atomic mass is 16.5. The summed E-state index contributed by atoms with van der Waals surface area (Å²) in [6.07, 6.45) is 1.75. The Balaban J connectivity index is 1.77. The van der Waals surface area contributed by atoms with Crippen LogP contribution in [0.1, 0.15) is 41.6 Å². The van der Waals surface area contributed by atoms with Crippen LogP contribution >= 0.6 is 0 Å². The molecule has 0 aliphatic carbocycles. The number of amides is 1. The Labute approximate surface area is 180 Å². The van der Waals surface area contributed by atoms with E-state index in [9.17, 15) is 4.79 Å². The number of aryl methyl sites for hydroxylation is 3. The molecule has 1 atom stereocenters. The summed E-state index contributed by atoms with van der Waals surface area (Å²) in [4.78, 5) is 18.2. The Morgan fingerprint density at radius 2 is 1.97 bits per heavy atom. The Morgan fingerprint density at radius 1 is 1.23 bits per heavy atom. The van der Waals surface area contributed by atoms with Gasteiger partial charge in [0.1, 0.15) is 5.75 Å². The summed E-state index contributed by atoms with van der Waals surface area (Å²) in [7, 11) is 3.47. The maximum atomic E-state index is 13.4. The van der Waals surface area contributed by atoms with Gasteiger partial charge < -0.3 is 10.1 Å². The van der Waals surface area contributed by atoms with Gasteiger partial charge >= 0.3 is 0 Å². The van der Waals surface area contributed by atoms with Crippen molar-refractivity contribution in [1.82, 2.24) is 29.9 Å². The molecule has 8 heteroatoms. The van der Waals surface area contributed by atoms with Crippen molar-refractivity contribution in [2.24, 2.45) is 7.05 Å². The van der Waals surface area contributed by atoms with Crippen molar-refractivity contribution >= 4 is 16.9 Å². The normalized spacial score (nSPS) is 12.2. The number of ether oxygens (including phenoxy) is 1. The molecule has 0 aliphatic rings. The molecule has 0 aliphatic heterocycles. The molecule has 8 nitrogen and oxygen atoms in total. The molecule has 4 rings (SSSR count). The molecule has 0 bridgehead atoms. The van der Waals surface area contributed by atoms with E-state index in [1.54, 1.807) is 18.0 Å². The van der Waals surface area contributed by atoms with Crippen molar-refractivity contribution in [2.75, 3.05) is 7.11 Å². The highest BCUT2D eigenvalue weighted by Gasteiger charge is 2.21. The van der Waals surface area contributed by atoms with Gasteiger partial charge in [-0.15, -0.1) is 0 Å². The summed E-state index contributed by atoms with van der Waals surface area (Å²) in [5.41, 5.74) is 4.54. The van der Waals surface area contributed by atoms with Crippen LogP contribution in [0.5, 0.6) is 5.75 Å². The lowest BCUT2D eigenvalue weighted by molar-refractivity contribution is 0.0940. The van der Waals surface area contributed by atoms with Crippen LogP contribution in [0.2, 0.25) is 0 Å². The van der Waals surface area contributed by atoms with Crippen LogP contribution in [-0.2, 0) is 13.6 Å². The topological polar surface area (TPSA) is 86.9 Å². The molecule has 0 saturated heterocycles. The Kier molecular flexibility index (Phi) is 5.46. The van der Waals surface area contributed by atoms with Crippen LogP contribution < -0.4 is 10.1 Å². The van der Waals surface area contributed by atoms with Gasteiger partial charge in [0.2, 0.25) is 0 Å². The van der Waals surface area contributed by atoms with E-state index in [2.05, 4.69) is 15.5 Å². The molecule has 0 unspecified atom stereocenters. The van der Waals surface area contributed by atoms with Crippen molar-refractivity contribution < 1.29 is 9.53 Å². The first kappa shape index (κ1) is 20.6. The van der Waals surface area contributed by atoms with Gasteiger partial charge in [-0.1, -0.05) is 0 Å². The number of aromatic nitrogens is 5. The highest BCUT2D eigenvalue weighted by molar-refractivity contribution is 6.07. The smallest absolute Gasteiger partial charge is 0.252 e. The zero-order valence-electron chi connectivity index (χ0n) is 18.4. The fraction of sp³-hybridized carbons (Fsp3) is 0.304. The van der Waals surface area contributed by atoms with Crippen LogP contribution in [0.25, 0.3) is 22.3 Å². The van der Waals surface area contributed by atoms with Crippen molar-refractivity contribution in [3.8, 4) is 17.0 Å². The Morgan fingerprint density at radius 3 is 2.65 bits per heavy atom. The molecular weight excluding hydrogens is 392 g/mol. The number of hydrogen-bond donors (Lipinski definition) is 1.